The van der Waals surface area contributed by atoms with E-state index in [4.69, 9.17) is 25.2 Å². The van der Waals surface area contributed by atoms with Crippen LogP contribution in [0.1, 0.15) is 45.4 Å². The molecule has 10 heteroatoms. The van der Waals surface area contributed by atoms with E-state index in [1.807, 2.05) is 0 Å². The summed E-state index contributed by atoms with van der Waals surface area (Å²) >= 11 is 0. The van der Waals surface area contributed by atoms with Crippen LogP contribution < -0.4 is 0 Å². The summed E-state index contributed by atoms with van der Waals surface area (Å²) in [4.78, 5) is 0. The molecule has 0 amide bonds. The summed E-state index contributed by atoms with van der Waals surface area (Å²) in [5, 5.41) is 39.0. The topological polar surface area (TPSA) is 160 Å². The molecule has 126 valence electrons. The largest absolute Gasteiger partial charge is 0.411 e. The summed E-state index contributed by atoms with van der Waals surface area (Å²) in [6.07, 6.45) is 5.28. The van der Waals surface area contributed by atoms with Gasteiger partial charge in [0, 0.05) is 12.4 Å². The lowest BCUT2D eigenvalue weighted by atomic mass is 10.2. The number of rotatable bonds is 9. The minimum Gasteiger partial charge on any atom is -0.411 e. The Morgan fingerprint density at radius 2 is 1.48 bits per heavy atom. The van der Waals surface area contributed by atoms with E-state index in [0.29, 0.717) is 25.7 Å². The van der Waals surface area contributed by atoms with Crippen LogP contribution in [0.3, 0.4) is 0 Å². The average Bonchev–Trinajstić information content (AvgIpc) is 2.38. The van der Waals surface area contributed by atoms with Crippen LogP contribution in [-0.4, -0.2) is 57.6 Å². The first-order valence-corrected chi connectivity index (χ1v) is 7.90. The maximum Gasteiger partial charge on any atom is 0.291 e. The molecule has 21 heavy (non-hydrogen) atoms. The van der Waals surface area contributed by atoms with Gasteiger partial charge in [0.25, 0.3) is 10.1 Å². The van der Waals surface area contributed by atoms with Crippen molar-refractivity contribution < 1.29 is 33.6 Å². The van der Waals surface area contributed by atoms with Crippen molar-refractivity contribution in [1.29, 1.82) is 0 Å². The van der Waals surface area contributed by atoms with Crippen LogP contribution in [0.25, 0.3) is 0 Å². The van der Waals surface area contributed by atoms with E-state index in [1.54, 1.807) is 6.92 Å². The summed E-state index contributed by atoms with van der Waals surface area (Å²) < 4.78 is 28.8. The Morgan fingerprint density at radius 1 is 1.00 bits per heavy atom. The maximum atomic E-state index is 10.2. The number of unbranched alkanes of at least 4 members (excludes halogenated alkanes) is 2. The molecule has 0 aromatic carbocycles. The predicted octanol–water partition coefficient (Wildman–Crippen LogP) is 0.820. The molecule has 2 atom stereocenters. The third kappa shape index (κ3) is 18.8. The van der Waals surface area contributed by atoms with Crippen LogP contribution in [-0.2, 0) is 10.1 Å². The van der Waals surface area contributed by atoms with Gasteiger partial charge in [-0.3, -0.25) is 4.55 Å². The third-order valence-electron chi connectivity index (χ3n) is 2.25. The number of nitrogens with zero attached hydrogens (tertiary/aromatic N) is 2. The van der Waals surface area contributed by atoms with Crippen LogP contribution in [0.5, 0.6) is 0 Å². The van der Waals surface area contributed by atoms with Crippen molar-refractivity contribution in [3.63, 3.8) is 0 Å². The number of hydrogen-bond donors (Lipinski definition) is 5. The van der Waals surface area contributed by atoms with E-state index in [2.05, 4.69) is 10.3 Å². The highest BCUT2D eigenvalue weighted by atomic mass is 32.2. The van der Waals surface area contributed by atoms with Crippen LogP contribution in [0, 0.1) is 0 Å². The van der Waals surface area contributed by atoms with Crippen molar-refractivity contribution in [2.75, 3.05) is 0 Å². The molecular weight excluding hydrogens is 304 g/mol. The van der Waals surface area contributed by atoms with Gasteiger partial charge in [0.05, 0.1) is 6.10 Å². The summed E-state index contributed by atoms with van der Waals surface area (Å²) in [7, 11) is -4.33. The van der Waals surface area contributed by atoms with Crippen LogP contribution in [0.2, 0.25) is 0 Å². The standard InChI is InChI=1S/C6H14O5S.C5H10N2O2/c1-5(7)3-2-4-6(8)12(9,10)11;8-6-4-2-1-3-5-7-9/h5-8H,2-4H2,1H3,(H,9,10,11);4-5,8-9H,1-3H2. The molecule has 2 unspecified atom stereocenters. The second-order valence-electron chi connectivity index (χ2n) is 4.28. The van der Waals surface area contributed by atoms with Crippen molar-refractivity contribution in [3.05, 3.63) is 0 Å². The van der Waals surface area contributed by atoms with Gasteiger partial charge in [-0.05, 0) is 45.4 Å². The molecule has 0 aromatic heterocycles. The normalized spacial score (nSPS) is 14.9. The monoisotopic (exact) mass is 328 g/mol. The Bertz CT molecular complexity index is 370. The quantitative estimate of drug-likeness (QED) is 0.138. The van der Waals surface area contributed by atoms with Gasteiger partial charge in [-0.25, -0.2) is 0 Å². The molecule has 0 aromatic rings. The van der Waals surface area contributed by atoms with Crippen LogP contribution in [0.15, 0.2) is 10.3 Å². The van der Waals surface area contributed by atoms with E-state index < -0.39 is 21.7 Å². The van der Waals surface area contributed by atoms with Gasteiger partial charge in [0.15, 0.2) is 5.44 Å². The molecule has 0 rings (SSSR count). The van der Waals surface area contributed by atoms with E-state index in [1.165, 1.54) is 12.4 Å². The van der Waals surface area contributed by atoms with E-state index in [0.717, 1.165) is 6.42 Å². The lowest BCUT2D eigenvalue weighted by Gasteiger charge is -2.07. The number of oxime groups is 2. The predicted molar refractivity (Wildman–Crippen MR) is 77.5 cm³/mol. The molecule has 0 saturated heterocycles. The van der Waals surface area contributed by atoms with Gasteiger partial charge in [-0.1, -0.05) is 0 Å². The molecule has 0 aliphatic heterocycles. The van der Waals surface area contributed by atoms with Crippen molar-refractivity contribution in [1.82, 2.24) is 0 Å². The second kappa shape index (κ2) is 13.7. The smallest absolute Gasteiger partial charge is 0.291 e. The van der Waals surface area contributed by atoms with E-state index in [-0.39, 0.29) is 6.42 Å². The van der Waals surface area contributed by atoms with E-state index in [9.17, 15) is 8.42 Å². The maximum absolute atomic E-state index is 10.2. The van der Waals surface area contributed by atoms with Crippen molar-refractivity contribution in [3.8, 4) is 0 Å². The van der Waals surface area contributed by atoms with Crippen molar-refractivity contribution >= 4 is 22.5 Å². The fraction of sp³-hybridized carbons (Fsp3) is 0.818. The number of aliphatic hydroxyl groups excluding tert-OH is 2. The number of aliphatic hydroxyl groups is 2. The van der Waals surface area contributed by atoms with Crippen LogP contribution >= 0.6 is 0 Å². The zero-order valence-electron chi connectivity index (χ0n) is 11.9. The summed E-state index contributed by atoms with van der Waals surface area (Å²) in [5.41, 5.74) is -1.73. The van der Waals surface area contributed by atoms with Gasteiger partial charge in [-0.15, -0.1) is 10.3 Å². The lowest BCUT2D eigenvalue weighted by Crippen LogP contribution is -2.19. The summed E-state index contributed by atoms with van der Waals surface area (Å²) in [6, 6.07) is 0. The first kappa shape index (κ1) is 22.1. The average molecular weight is 328 g/mol. The lowest BCUT2D eigenvalue weighted by molar-refractivity contribution is 0.167. The van der Waals surface area contributed by atoms with Gasteiger partial charge < -0.3 is 20.6 Å². The molecule has 0 heterocycles. The zero-order chi connectivity index (χ0) is 16.7. The molecule has 0 fully saturated rings. The molecule has 0 radical (unpaired) electrons. The minimum absolute atomic E-state index is 0.0519. The molecular formula is C11H24N2O7S. The molecule has 0 aliphatic rings. The van der Waals surface area contributed by atoms with Crippen LogP contribution in [0.4, 0.5) is 0 Å². The Labute approximate surface area is 124 Å². The first-order chi connectivity index (χ1) is 9.75. The van der Waals surface area contributed by atoms with Gasteiger partial charge in [-0.2, -0.15) is 8.42 Å². The van der Waals surface area contributed by atoms with Crippen molar-refractivity contribution in [2.45, 2.75) is 57.0 Å². The Hall–Kier alpha value is -1.23. The minimum atomic E-state index is -4.33. The molecule has 0 bridgehead atoms. The SMILES string of the molecule is CC(O)CCCC(O)S(=O)(=O)O.ON=CCCCC=NO. The van der Waals surface area contributed by atoms with Gasteiger partial charge in [0.1, 0.15) is 0 Å². The van der Waals surface area contributed by atoms with Gasteiger partial charge >= 0.3 is 0 Å². The number of hydrogen-bond acceptors (Lipinski definition) is 8. The Morgan fingerprint density at radius 3 is 1.81 bits per heavy atom. The Balaban J connectivity index is 0. The fourth-order valence-electron chi connectivity index (χ4n) is 1.15. The molecule has 9 nitrogen and oxygen atoms in total. The highest BCUT2D eigenvalue weighted by Gasteiger charge is 2.18. The fourth-order valence-corrected chi connectivity index (χ4v) is 1.62. The highest BCUT2D eigenvalue weighted by Crippen LogP contribution is 2.07. The molecule has 0 spiro atoms. The Kier molecular flexibility index (Phi) is 14.4. The third-order valence-corrected chi connectivity index (χ3v) is 3.17. The molecule has 5 N–H and O–H groups in total. The molecule has 0 saturated carbocycles. The highest BCUT2D eigenvalue weighted by molar-refractivity contribution is 7.86. The zero-order valence-corrected chi connectivity index (χ0v) is 12.7. The van der Waals surface area contributed by atoms with E-state index >= 15 is 0 Å². The second-order valence-corrected chi connectivity index (χ2v) is 5.85. The summed E-state index contributed by atoms with van der Waals surface area (Å²) in [5.74, 6) is 0. The van der Waals surface area contributed by atoms with Crippen molar-refractivity contribution in [2.24, 2.45) is 10.3 Å². The van der Waals surface area contributed by atoms with Gasteiger partial charge in [0.2, 0.25) is 0 Å². The first-order valence-electron chi connectivity index (χ1n) is 6.39. The summed E-state index contributed by atoms with van der Waals surface area (Å²) in [6.45, 7) is 1.57. The molecule has 0 aliphatic carbocycles.